The second-order valence-corrected chi connectivity index (χ2v) is 7.79. The smallest absolute Gasteiger partial charge is 0.317 e. The van der Waals surface area contributed by atoms with E-state index >= 15 is 0 Å². The molecule has 150 valence electrons. The molecule has 2 heterocycles. The first-order valence-corrected chi connectivity index (χ1v) is 9.76. The van der Waals surface area contributed by atoms with Crippen LogP contribution in [0.25, 0.3) is 0 Å². The molecule has 3 rings (SSSR count). The number of carboxylic acids is 1. The highest BCUT2D eigenvalue weighted by Crippen LogP contribution is 2.26. The van der Waals surface area contributed by atoms with Crippen LogP contribution < -0.4 is 10.1 Å². The topological polar surface area (TPSA) is 116 Å². The quantitative estimate of drug-likeness (QED) is 0.821. The van der Waals surface area contributed by atoms with Crippen LogP contribution in [0.2, 0.25) is 0 Å². The average molecular weight is 386 g/mol. The Morgan fingerprint density at radius 3 is 2.75 bits per heavy atom. The molecule has 8 nitrogen and oxygen atoms in total. The number of aromatic nitrogens is 1. The fourth-order valence-corrected chi connectivity index (χ4v) is 4.01. The summed E-state index contributed by atoms with van der Waals surface area (Å²) >= 11 is 0. The van der Waals surface area contributed by atoms with Gasteiger partial charge < -0.3 is 20.1 Å². The highest BCUT2D eigenvalue weighted by atomic mass is 16.5. The number of ether oxygens (including phenoxy) is 1. The van der Waals surface area contributed by atoms with E-state index in [2.05, 4.69) is 16.4 Å². The van der Waals surface area contributed by atoms with E-state index < -0.39 is 11.9 Å². The largest absolute Gasteiger partial charge is 0.481 e. The molecule has 2 atom stereocenters. The van der Waals surface area contributed by atoms with Crippen LogP contribution in [0.5, 0.6) is 5.88 Å². The van der Waals surface area contributed by atoms with Crippen molar-refractivity contribution in [3.8, 4) is 11.9 Å². The highest BCUT2D eigenvalue weighted by Gasteiger charge is 2.33. The fourth-order valence-electron chi connectivity index (χ4n) is 4.01. The number of carboxylic acid groups (broad SMARTS) is 1. The SMILES string of the molecule is CC1CC(C(=O)O)CN(C(=O)NC2CCC(Oc3ncccc3C#N)CC2)C1. The minimum Gasteiger partial charge on any atom is -0.481 e. The molecule has 2 amide bonds. The van der Waals surface area contributed by atoms with Crippen LogP contribution in [0.15, 0.2) is 18.3 Å². The zero-order valence-electron chi connectivity index (χ0n) is 16.0. The van der Waals surface area contributed by atoms with Gasteiger partial charge in [0.15, 0.2) is 0 Å². The molecule has 2 unspecified atom stereocenters. The van der Waals surface area contributed by atoms with Crippen molar-refractivity contribution in [1.29, 1.82) is 5.26 Å². The molecule has 0 spiro atoms. The fraction of sp³-hybridized carbons (Fsp3) is 0.600. The molecule has 1 aliphatic carbocycles. The second-order valence-electron chi connectivity index (χ2n) is 7.79. The second kappa shape index (κ2) is 8.91. The first kappa shape index (κ1) is 19.9. The van der Waals surface area contributed by atoms with Crippen LogP contribution >= 0.6 is 0 Å². The third-order valence-electron chi connectivity index (χ3n) is 5.47. The Balaban J connectivity index is 1.48. The molecule has 28 heavy (non-hydrogen) atoms. The van der Waals surface area contributed by atoms with E-state index in [9.17, 15) is 14.7 Å². The molecule has 2 fully saturated rings. The maximum atomic E-state index is 12.6. The number of hydrogen-bond acceptors (Lipinski definition) is 5. The number of rotatable bonds is 4. The van der Waals surface area contributed by atoms with Gasteiger partial charge in [0.05, 0.1) is 5.92 Å². The zero-order chi connectivity index (χ0) is 20.1. The number of likely N-dealkylation sites (tertiary alicyclic amines) is 1. The summed E-state index contributed by atoms with van der Waals surface area (Å²) in [4.78, 5) is 29.6. The molecular weight excluding hydrogens is 360 g/mol. The van der Waals surface area contributed by atoms with Gasteiger partial charge in [-0.25, -0.2) is 9.78 Å². The predicted octanol–water partition coefficient (Wildman–Crippen LogP) is 2.40. The number of pyridine rings is 1. The number of piperidine rings is 1. The molecule has 1 saturated heterocycles. The van der Waals surface area contributed by atoms with Gasteiger partial charge in [-0.2, -0.15) is 5.26 Å². The van der Waals surface area contributed by atoms with E-state index in [0.29, 0.717) is 24.4 Å². The van der Waals surface area contributed by atoms with Crippen molar-refractivity contribution >= 4 is 12.0 Å². The minimum atomic E-state index is -0.840. The van der Waals surface area contributed by atoms with Gasteiger partial charge in [0, 0.05) is 25.3 Å². The van der Waals surface area contributed by atoms with Crippen molar-refractivity contribution in [2.45, 2.75) is 51.2 Å². The number of nitrogens with one attached hydrogen (secondary N) is 1. The lowest BCUT2D eigenvalue weighted by Crippen LogP contribution is -2.52. The average Bonchev–Trinajstić information content (AvgIpc) is 2.69. The third-order valence-corrected chi connectivity index (χ3v) is 5.47. The predicted molar refractivity (Wildman–Crippen MR) is 101 cm³/mol. The van der Waals surface area contributed by atoms with E-state index in [-0.39, 0.29) is 30.6 Å². The molecular formula is C20H26N4O4. The van der Waals surface area contributed by atoms with Crippen molar-refractivity contribution < 1.29 is 19.4 Å². The number of nitrogens with zero attached hydrogens (tertiary/aromatic N) is 3. The molecule has 8 heteroatoms. The lowest BCUT2D eigenvalue weighted by molar-refractivity contribution is -0.143. The Hall–Kier alpha value is -2.82. The third kappa shape index (κ3) is 4.91. The maximum Gasteiger partial charge on any atom is 0.317 e. The minimum absolute atomic E-state index is 0.0263. The van der Waals surface area contributed by atoms with E-state index in [1.807, 2.05) is 6.92 Å². The van der Waals surface area contributed by atoms with E-state index in [1.54, 1.807) is 23.2 Å². The molecule has 0 radical (unpaired) electrons. The van der Waals surface area contributed by atoms with E-state index in [0.717, 1.165) is 25.7 Å². The number of hydrogen-bond donors (Lipinski definition) is 2. The standard InChI is InChI=1S/C20H26N4O4/c1-13-9-15(19(25)26)12-24(11-13)20(27)23-16-4-6-17(7-5-16)28-18-14(10-21)3-2-8-22-18/h2-3,8,13,15-17H,4-7,9,11-12H2,1H3,(H,23,27)(H,25,26). The van der Waals surface area contributed by atoms with E-state index in [1.165, 1.54) is 0 Å². The van der Waals surface area contributed by atoms with Gasteiger partial charge in [-0.15, -0.1) is 0 Å². The molecule has 1 aromatic heterocycles. The lowest BCUT2D eigenvalue weighted by atomic mass is 9.90. The first-order valence-electron chi connectivity index (χ1n) is 9.76. The number of carbonyl (C=O) groups is 2. The number of aliphatic carboxylic acids is 1. The summed E-state index contributed by atoms with van der Waals surface area (Å²) in [5.41, 5.74) is 0.421. The Morgan fingerprint density at radius 1 is 1.32 bits per heavy atom. The van der Waals surface area contributed by atoms with Crippen molar-refractivity contribution in [3.05, 3.63) is 23.9 Å². The Morgan fingerprint density at radius 2 is 2.07 bits per heavy atom. The summed E-state index contributed by atoms with van der Waals surface area (Å²) in [5.74, 6) is -0.795. The summed E-state index contributed by atoms with van der Waals surface area (Å²) in [6.07, 6.45) is 5.27. The molecule has 1 aromatic rings. The van der Waals surface area contributed by atoms with Crippen LogP contribution in [-0.4, -0.2) is 52.2 Å². The summed E-state index contributed by atoms with van der Waals surface area (Å²) in [6, 6.07) is 5.33. The number of carbonyl (C=O) groups excluding carboxylic acids is 1. The van der Waals surface area contributed by atoms with Crippen LogP contribution in [0.3, 0.4) is 0 Å². The van der Waals surface area contributed by atoms with Gasteiger partial charge in [-0.05, 0) is 50.2 Å². The molecule has 2 aliphatic rings. The van der Waals surface area contributed by atoms with Gasteiger partial charge in [0.25, 0.3) is 0 Å². The van der Waals surface area contributed by atoms with Crippen LogP contribution in [0.4, 0.5) is 4.79 Å². The van der Waals surface area contributed by atoms with Gasteiger partial charge in [-0.3, -0.25) is 4.79 Å². The number of nitriles is 1. The van der Waals surface area contributed by atoms with Crippen molar-refractivity contribution in [1.82, 2.24) is 15.2 Å². The Labute approximate surface area is 164 Å². The highest BCUT2D eigenvalue weighted by molar-refractivity contribution is 5.76. The van der Waals surface area contributed by atoms with Crippen molar-refractivity contribution in [2.75, 3.05) is 13.1 Å². The lowest BCUT2D eigenvalue weighted by Gasteiger charge is -2.36. The van der Waals surface area contributed by atoms with Gasteiger partial charge in [0.2, 0.25) is 5.88 Å². The van der Waals surface area contributed by atoms with Gasteiger partial charge >= 0.3 is 12.0 Å². The number of amides is 2. The molecule has 0 aromatic carbocycles. The van der Waals surface area contributed by atoms with E-state index in [4.69, 9.17) is 10.00 Å². The number of urea groups is 1. The Kier molecular flexibility index (Phi) is 6.34. The monoisotopic (exact) mass is 386 g/mol. The van der Waals surface area contributed by atoms with Crippen LogP contribution in [-0.2, 0) is 4.79 Å². The summed E-state index contributed by atoms with van der Waals surface area (Å²) < 4.78 is 5.88. The molecule has 1 aliphatic heterocycles. The normalized spacial score (nSPS) is 27.5. The van der Waals surface area contributed by atoms with Crippen LogP contribution in [0.1, 0.15) is 44.6 Å². The van der Waals surface area contributed by atoms with Gasteiger partial charge in [-0.1, -0.05) is 6.92 Å². The van der Waals surface area contributed by atoms with Crippen LogP contribution in [0, 0.1) is 23.2 Å². The summed E-state index contributed by atoms with van der Waals surface area (Å²) in [6.45, 7) is 2.83. The van der Waals surface area contributed by atoms with Crippen molar-refractivity contribution in [2.24, 2.45) is 11.8 Å². The molecule has 2 N–H and O–H groups in total. The zero-order valence-corrected chi connectivity index (χ0v) is 16.0. The molecule has 1 saturated carbocycles. The first-order chi connectivity index (χ1) is 13.5. The maximum absolute atomic E-state index is 12.6. The van der Waals surface area contributed by atoms with Gasteiger partial charge in [0.1, 0.15) is 17.7 Å². The summed E-state index contributed by atoms with van der Waals surface area (Å²) in [7, 11) is 0. The molecule has 0 bridgehead atoms. The summed E-state index contributed by atoms with van der Waals surface area (Å²) in [5, 5.41) is 21.4. The Bertz CT molecular complexity index is 755. The van der Waals surface area contributed by atoms with Crippen molar-refractivity contribution in [3.63, 3.8) is 0 Å².